The number of carbonyl (C=O) groups excluding carboxylic acids is 2. The molecular weight excluding hydrogens is 462 g/mol. The molecule has 0 saturated heterocycles. The predicted molar refractivity (Wildman–Crippen MR) is 144 cm³/mol. The molecule has 3 aromatic rings. The van der Waals surface area contributed by atoms with Gasteiger partial charge in [0.1, 0.15) is 18.3 Å². The summed E-state index contributed by atoms with van der Waals surface area (Å²) in [5.74, 6) is 1.54. The van der Waals surface area contributed by atoms with E-state index in [0.29, 0.717) is 12.3 Å². The zero-order valence-corrected chi connectivity index (χ0v) is 21.5. The van der Waals surface area contributed by atoms with Crippen LogP contribution in [0.25, 0.3) is 5.69 Å². The van der Waals surface area contributed by atoms with Gasteiger partial charge >= 0.3 is 0 Å². The van der Waals surface area contributed by atoms with E-state index in [9.17, 15) is 9.59 Å². The van der Waals surface area contributed by atoms with Gasteiger partial charge in [-0.05, 0) is 67.1 Å². The molecule has 0 bridgehead atoms. The summed E-state index contributed by atoms with van der Waals surface area (Å²) in [7, 11) is 1.66. The van der Waals surface area contributed by atoms with Crippen molar-refractivity contribution >= 4 is 17.5 Å². The maximum absolute atomic E-state index is 14.2. The van der Waals surface area contributed by atoms with Gasteiger partial charge in [0.2, 0.25) is 11.8 Å². The largest absolute Gasteiger partial charge is 0.497 e. The zero-order valence-electron chi connectivity index (χ0n) is 21.5. The molecule has 1 aromatic heterocycles. The Morgan fingerprint density at radius 1 is 0.919 bits per heavy atom. The quantitative estimate of drug-likeness (QED) is 0.390. The van der Waals surface area contributed by atoms with Crippen molar-refractivity contribution < 1.29 is 14.3 Å². The third-order valence-corrected chi connectivity index (χ3v) is 8.27. The van der Waals surface area contributed by atoms with Crippen LogP contribution in [0.5, 0.6) is 5.75 Å². The highest BCUT2D eigenvalue weighted by molar-refractivity contribution is 6.00. The van der Waals surface area contributed by atoms with Crippen LogP contribution in [0.15, 0.2) is 66.9 Å². The standard InChI is InChI=1S/C31H35N3O3/c1-37-25-17-13-23(14-18-25)31-28-11-6-20-32(28)26-9-4-5-10-27(26)34(31)30(36)21-33(24-15-16-24)29(35)19-12-22-7-2-3-8-22/h4-6,9-11,13-14,17-18,20,22,24,31H,2-3,7-8,12,15-16,19,21H2,1H3. The summed E-state index contributed by atoms with van der Waals surface area (Å²) < 4.78 is 7.55. The fourth-order valence-electron chi connectivity index (χ4n) is 6.16. The smallest absolute Gasteiger partial charge is 0.247 e. The molecule has 2 heterocycles. The Hall–Kier alpha value is -3.54. The highest BCUT2D eigenvalue weighted by atomic mass is 16.5. The molecule has 2 saturated carbocycles. The van der Waals surface area contributed by atoms with Crippen molar-refractivity contribution in [1.29, 1.82) is 0 Å². The van der Waals surface area contributed by atoms with E-state index in [4.69, 9.17) is 4.74 Å². The zero-order chi connectivity index (χ0) is 25.4. The molecule has 6 rings (SSSR count). The summed E-state index contributed by atoms with van der Waals surface area (Å²) in [5.41, 5.74) is 3.88. The van der Waals surface area contributed by atoms with Crippen molar-refractivity contribution in [2.45, 2.75) is 63.5 Å². The Kier molecular flexibility index (Phi) is 6.49. The molecule has 0 radical (unpaired) electrons. The Balaban J connectivity index is 1.32. The van der Waals surface area contributed by atoms with Crippen LogP contribution >= 0.6 is 0 Å². The fraction of sp³-hybridized carbons (Fsp3) is 0.419. The van der Waals surface area contributed by atoms with E-state index in [1.54, 1.807) is 7.11 Å². The van der Waals surface area contributed by atoms with Gasteiger partial charge in [0.15, 0.2) is 0 Å². The second-order valence-electron chi connectivity index (χ2n) is 10.7. The third kappa shape index (κ3) is 4.65. The van der Waals surface area contributed by atoms with E-state index in [1.807, 2.05) is 58.3 Å². The highest BCUT2D eigenvalue weighted by Gasteiger charge is 2.40. The lowest BCUT2D eigenvalue weighted by Gasteiger charge is -2.39. The molecule has 3 aliphatic rings. The van der Waals surface area contributed by atoms with Gasteiger partial charge < -0.3 is 14.2 Å². The molecular formula is C31H35N3O3. The molecule has 1 aliphatic heterocycles. The number of ether oxygens (including phenoxy) is 1. The summed E-state index contributed by atoms with van der Waals surface area (Å²) in [6, 6.07) is 20.0. The Labute approximate surface area is 218 Å². The van der Waals surface area contributed by atoms with Crippen molar-refractivity contribution in [2.24, 2.45) is 5.92 Å². The maximum atomic E-state index is 14.2. The lowest BCUT2D eigenvalue weighted by Crippen LogP contribution is -2.47. The monoisotopic (exact) mass is 497 g/mol. The molecule has 6 heteroatoms. The van der Waals surface area contributed by atoms with E-state index >= 15 is 0 Å². The summed E-state index contributed by atoms with van der Waals surface area (Å²) in [4.78, 5) is 31.3. The van der Waals surface area contributed by atoms with Crippen molar-refractivity contribution in [3.8, 4) is 11.4 Å². The van der Waals surface area contributed by atoms with E-state index in [1.165, 1.54) is 25.7 Å². The molecule has 0 N–H and O–H groups in total. The third-order valence-electron chi connectivity index (χ3n) is 8.27. The van der Waals surface area contributed by atoms with E-state index < -0.39 is 0 Å². The van der Waals surface area contributed by atoms with Gasteiger partial charge in [-0.2, -0.15) is 0 Å². The van der Waals surface area contributed by atoms with Crippen LogP contribution in [0.4, 0.5) is 5.69 Å². The molecule has 37 heavy (non-hydrogen) atoms. The molecule has 6 nitrogen and oxygen atoms in total. The number of fused-ring (bicyclic) bond motifs is 3. The number of hydrogen-bond donors (Lipinski definition) is 0. The average molecular weight is 498 g/mol. The molecule has 2 amide bonds. The fourth-order valence-corrected chi connectivity index (χ4v) is 6.16. The van der Waals surface area contributed by atoms with Gasteiger partial charge in [0.25, 0.3) is 0 Å². The summed E-state index contributed by atoms with van der Waals surface area (Å²) in [6.45, 7) is 0.121. The molecule has 1 unspecified atom stereocenters. The van der Waals surface area contributed by atoms with Crippen molar-refractivity contribution in [3.05, 3.63) is 78.1 Å². The number of amides is 2. The van der Waals surface area contributed by atoms with Crippen LogP contribution in [0.3, 0.4) is 0 Å². The second-order valence-corrected chi connectivity index (χ2v) is 10.7. The molecule has 2 fully saturated rings. The van der Waals surface area contributed by atoms with Crippen LogP contribution in [0.1, 0.15) is 68.7 Å². The number of nitrogens with zero attached hydrogens (tertiary/aromatic N) is 3. The van der Waals surface area contributed by atoms with Crippen molar-refractivity contribution in [3.63, 3.8) is 0 Å². The van der Waals surface area contributed by atoms with Crippen LogP contribution in [-0.4, -0.2) is 41.0 Å². The summed E-state index contributed by atoms with van der Waals surface area (Å²) >= 11 is 0. The lowest BCUT2D eigenvalue weighted by molar-refractivity contribution is -0.136. The Bertz CT molecular complexity index is 1270. The van der Waals surface area contributed by atoms with Gasteiger partial charge in [0, 0.05) is 18.7 Å². The summed E-state index contributed by atoms with van der Waals surface area (Å²) in [6.07, 6.45) is 10.6. The first kappa shape index (κ1) is 23.8. The normalized spacial score (nSPS) is 18.8. The first-order chi connectivity index (χ1) is 18.1. The Morgan fingerprint density at radius 3 is 2.35 bits per heavy atom. The number of methoxy groups -OCH3 is 1. The number of carbonyl (C=O) groups is 2. The molecule has 2 aliphatic carbocycles. The van der Waals surface area contributed by atoms with E-state index in [0.717, 1.165) is 47.6 Å². The minimum atomic E-state index is -0.294. The number of para-hydroxylation sites is 2. The van der Waals surface area contributed by atoms with E-state index in [2.05, 4.69) is 22.9 Å². The molecule has 192 valence electrons. The first-order valence-corrected chi connectivity index (χ1v) is 13.7. The first-order valence-electron chi connectivity index (χ1n) is 13.7. The molecule has 1 atom stereocenters. The lowest BCUT2D eigenvalue weighted by atomic mass is 9.97. The second kappa shape index (κ2) is 10.1. The average Bonchev–Trinajstić information content (AvgIpc) is 3.41. The SMILES string of the molecule is COc1ccc(C2c3cccn3-c3ccccc3N2C(=O)CN(C(=O)CCC2CCCC2)C2CC2)cc1. The van der Waals surface area contributed by atoms with Crippen LogP contribution in [0, 0.1) is 5.92 Å². The number of benzene rings is 2. The number of rotatable bonds is 8. The number of hydrogen-bond acceptors (Lipinski definition) is 3. The molecule has 2 aromatic carbocycles. The highest BCUT2D eigenvalue weighted by Crippen LogP contribution is 2.43. The summed E-state index contributed by atoms with van der Waals surface area (Å²) in [5, 5.41) is 0. The van der Waals surface area contributed by atoms with Crippen LogP contribution in [0.2, 0.25) is 0 Å². The maximum Gasteiger partial charge on any atom is 0.247 e. The van der Waals surface area contributed by atoms with E-state index in [-0.39, 0.29) is 30.4 Å². The van der Waals surface area contributed by atoms with Crippen molar-refractivity contribution in [2.75, 3.05) is 18.6 Å². The van der Waals surface area contributed by atoms with Crippen molar-refractivity contribution in [1.82, 2.24) is 9.47 Å². The predicted octanol–water partition coefficient (Wildman–Crippen LogP) is 5.88. The van der Waals surface area contributed by atoms with Gasteiger partial charge in [-0.3, -0.25) is 14.5 Å². The van der Waals surface area contributed by atoms with Gasteiger partial charge in [-0.1, -0.05) is 49.9 Å². The van der Waals surface area contributed by atoms with Gasteiger partial charge in [-0.15, -0.1) is 0 Å². The minimum absolute atomic E-state index is 0.0400. The van der Waals surface area contributed by atoms with Crippen LogP contribution < -0.4 is 9.64 Å². The topological polar surface area (TPSA) is 54.8 Å². The van der Waals surface area contributed by atoms with Gasteiger partial charge in [0.05, 0.1) is 24.2 Å². The Morgan fingerprint density at radius 2 is 1.65 bits per heavy atom. The minimum Gasteiger partial charge on any atom is -0.497 e. The molecule has 0 spiro atoms. The number of aromatic nitrogens is 1. The van der Waals surface area contributed by atoms with Gasteiger partial charge in [-0.25, -0.2) is 0 Å². The van der Waals surface area contributed by atoms with Crippen LogP contribution in [-0.2, 0) is 9.59 Å². The number of anilines is 1.